The number of hydrogen-bond acceptors (Lipinski definition) is 2. The molecule has 0 aromatic heterocycles. The van der Waals surface area contributed by atoms with E-state index in [9.17, 15) is 13.2 Å². The second kappa shape index (κ2) is 7.89. The molecule has 0 unspecified atom stereocenters. The van der Waals surface area contributed by atoms with Gasteiger partial charge < -0.3 is 5.32 Å². The number of nitrogens with zero attached hydrogens (tertiary/aromatic N) is 1. The van der Waals surface area contributed by atoms with Crippen LogP contribution in [0.2, 0.25) is 0 Å². The third kappa shape index (κ3) is 4.53. The highest BCUT2D eigenvalue weighted by molar-refractivity contribution is 8.13. The fourth-order valence-corrected chi connectivity index (χ4v) is 2.70. The Balaban J connectivity index is 2.06. The van der Waals surface area contributed by atoms with Gasteiger partial charge in [-0.05, 0) is 43.3 Å². The highest BCUT2D eigenvalue weighted by Crippen LogP contribution is 2.21. The molecule has 1 N–H and O–H groups in total. The van der Waals surface area contributed by atoms with E-state index in [1.807, 2.05) is 6.92 Å². The normalized spacial score (nSPS) is 11.5. The van der Waals surface area contributed by atoms with Crippen molar-refractivity contribution in [3.63, 3.8) is 0 Å². The molecular weight excluding hydrogens is 309 g/mol. The minimum absolute atomic E-state index is 0.0113. The first-order valence-electron chi connectivity index (χ1n) is 6.73. The molecule has 2 aromatic carbocycles. The summed E-state index contributed by atoms with van der Waals surface area (Å²) in [5.74, 6) is -1.37. The Morgan fingerprint density at radius 1 is 1.05 bits per heavy atom. The Morgan fingerprint density at radius 3 is 2.27 bits per heavy atom. The van der Waals surface area contributed by atoms with Crippen molar-refractivity contribution in [2.45, 2.75) is 12.7 Å². The Labute approximate surface area is 131 Å². The van der Waals surface area contributed by atoms with Crippen molar-refractivity contribution in [1.29, 1.82) is 0 Å². The third-order valence-electron chi connectivity index (χ3n) is 2.81. The minimum Gasteiger partial charge on any atom is -0.335 e. The second-order valence-corrected chi connectivity index (χ2v) is 5.36. The van der Waals surface area contributed by atoms with Crippen LogP contribution in [-0.2, 0) is 5.75 Å². The number of amidine groups is 1. The molecule has 6 heteroatoms. The van der Waals surface area contributed by atoms with Gasteiger partial charge in [-0.2, -0.15) is 0 Å². The molecule has 22 heavy (non-hydrogen) atoms. The van der Waals surface area contributed by atoms with Crippen LogP contribution in [0.1, 0.15) is 12.5 Å². The fraction of sp³-hybridized carbons (Fsp3) is 0.188. The Morgan fingerprint density at radius 2 is 1.68 bits per heavy atom. The van der Waals surface area contributed by atoms with Crippen LogP contribution in [0.15, 0.2) is 47.5 Å². The summed E-state index contributed by atoms with van der Waals surface area (Å²) < 4.78 is 40.1. The molecule has 0 spiro atoms. The first-order chi connectivity index (χ1) is 10.6. The molecule has 0 aliphatic heterocycles. The molecule has 116 valence electrons. The summed E-state index contributed by atoms with van der Waals surface area (Å²) in [5, 5.41) is 3.54. The fourth-order valence-electron chi connectivity index (χ4n) is 1.73. The summed E-state index contributed by atoms with van der Waals surface area (Å²) >= 11 is 1.19. The first-order valence-corrected chi connectivity index (χ1v) is 7.71. The van der Waals surface area contributed by atoms with E-state index in [1.165, 1.54) is 42.1 Å². The summed E-state index contributed by atoms with van der Waals surface area (Å²) in [4.78, 5) is 4.25. The number of hydrogen-bond donors (Lipinski definition) is 1. The van der Waals surface area contributed by atoms with Crippen molar-refractivity contribution >= 4 is 22.6 Å². The van der Waals surface area contributed by atoms with Gasteiger partial charge in [-0.15, -0.1) is 0 Å². The SMILES string of the molecule is CCN=C(Nc1ccc(F)cc1)SCc1c(F)cccc1F. The lowest BCUT2D eigenvalue weighted by atomic mass is 10.2. The Bertz CT molecular complexity index is 637. The lowest BCUT2D eigenvalue weighted by molar-refractivity contribution is 0.566. The summed E-state index contributed by atoms with van der Waals surface area (Å²) in [6, 6.07) is 9.58. The van der Waals surface area contributed by atoms with Crippen molar-refractivity contribution in [2.75, 3.05) is 11.9 Å². The van der Waals surface area contributed by atoms with Crippen molar-refractivity contribution in [3.8, 4) is 0 Å². The smallest absolute Gasteiger partial charge is 0.161 e. The van der Waals surface area contributed by atoms with Gasteiger partial charge in [0.2, 0.25) is 0 Å². The van der Waals surface area contributed by atoms with Crippen LogP contribution in [0.5, 0.6) is 0 Å². The van der Waals surface area contributed by atoms with Gasteiger partial charge in [-0.3, -0.25) is 4.99 Å². The Hall–Kier alpha value is -1.95. The first kappa shape index (κ1) is 16.4. The van der Waals surface area contributed by atoms with Crippen molar-refractivity contribution in [1.82, 2.24) is 0 Å². The van der Waals surface area contributed by atoms with Crippen LogP contribution in [0.4, 0.5) is 18.9 Å². The number of thioether (sulfide) groups is 1. The molecule has 0 fully saturated rings. The van der Waals surface area contributed by atoms with E-state index in [0.717, 1.165) is 0 Å². The predicted molar refractivity (Wildman–Crippen MR) is 85.7 cm³/mol. The van der Waals surface area contributed by atoms with Gasteiger partial charge in [0.05, 0.1) is 0 Å². The molecule has 2 nitrogen and oxygen atoms in total. The zero-order valence-electron chi connectivity index (χ0n) is 11.9. The molecule has 2 aromatic rings. The minimum atomic E-state index is -0.579. The third-order valence-corrected chi connectivity index (χ3v) is 3.75. The number of anilines is 1. The van der Waals surface area contributed by atoms with E-state index >= 15 is 0 Å². The highest BCUT2D eigenvalue weighted by Gasteiger charge is 2.10. The van der Waals surface area contributed by atoms with Gasteiger partial charge in [0.1, 0.15) is 17.5 Å². The maximum absolute atomic E-state index is 13.6. The quantitative estimate of drug-likeness (QED) is 0.644. The van der Waals surface area contributed by atoms with Crippen molar-refractivity contribution < 1.29 is 13.2 Å². The second-order valence-electron chi connectivity index (χ2n) is 4.40. The number of halogens is 3. The van der Waals surface area contributed by atoms with E-state index in [1.54, 1.807) is 12.1 Å². The topological polar surface area (TPSA) is 24.4 Å². The standard InChI is InChI=1S/C16H15F3N2S/c1-2-20-16(21-12-8-6-11(17)7-9-12)22-10-13-14(18)4-3-5-15(13)19/h3-9H,2,10H2,1H3,(H,20,21). The maximum atomic E-state index is 13.6. The molecule has 0 aliphatic carbocycles. The van der Waals surface area contributed by atoms with E-state index in [2.05, 4.69) is 10.3 Å². The highest BCUT2D eigenvalue weighted by atomic mass is 32.2. The molecule has 0 heterocycles. The van der Waals surface area contributed by atoms with E-state index in [-0.39, 0.29) is 17.1 Å². The maximum Gasteiger partial charge on any atom is 0.161 e. The summed E-state index contributed by atoms with van der Waals surface area (Å²) in [7, 11) is 0. The van der Waals surface area contributed by atoms with Gasteiger partial charge in [-0.1, -0.05) is 17.8 Å². The molecule has 0 bridgehead atoms. The summed E-state index contributed by atoms with van der Waals surface area (Å²) in [6.45, 7) is 2.38. The van der Waals surface area contributed by atoms with Gasteiger partial charge in [0.15, 0.2) is 5.17 Å². The van der Waals surface area contributed by atoms with Crippen LogP contribution in [0.25, 0.3) is 0 Å². The van der Waals surface area contributed by atoms with Gasteiger partial charge in [0.25, 0.3) is 0 Å². The molecule has 0 saturated carbocycles. The molecule has 0 atom stereocenters. The van der Waals surface area contributed by atoms with Gasteiger partial charge in [-0.25, -0.2) is 13.2 Å². The zero-order valence-corrected chi connectivity index (χ0v) is 12.8. The average molecular weight is 324 g/mol. The predicted octanol–water partition coefficient (Wildman–Crippen LogP) is 4.83. The summed E-state index contributed by atoms with van der Waals surface area (Å²) in [6.07, 6.45) is 0. The molecule has 0 aliphatic rings. The Kier molecular flexibility index (Phi) is 5.89. The number of rotatable bonds is 4. The lowest BCUT2D eigenvalue weighted by Crippen LogP contribution is -2.09. The van der Waals surface area contributed by atoms with Crippen LogP contribution in [-0.4, -0.2) is 11.7 Å². The molecule has 0 saturated heterocycles. The molecule has 0 amide bonds. The summed E-state index contributed by atoms with van der Waals surface area (Å²) in [5.41, 5.74) is 0.673. The van der Waals surface area contributed by atoms with Crippen LogP contribution >= 0.6 is 11.8 Å². The molecular formula is C16H15F3N2S. The number of nitrogens with one attached hydrogen (secondary N) is 1. The van der Waals surface area contributed by atoms with Crippen LogP contribution in [0, 0.1) is 17.5 Å². The van der Waals surface area contributed by atoms with E-state index in [0.29, 0.717) is 17.4 Å². The van der Waals surface area contributed by atoms with Gasteiger partial charge in [0, 0.05) is 23.5 Å². The lowest BCUT2D eigenvalue weighted by Gasteiger charge is -2.10. The molecule has 0 radical (unpaired) electrons. The van der Waals surface area contributed by atoms with E-state index < -0.39 is 11.6 Å². The average Bonchev–Trinajstić information content (AvgIpc) is 2.49. The largest absolute Gasteiger partial charge is 0.335 e. The molecule has 2 rings (SSSR count). The monoisotopic (exact) mass is 324 g/mol. The van der Waals surface area contributed by atoms with Gasteiger partial charge >= 0.3 is 0 Å². The number of benzene rings is 2. The van der Waals surface area contributed by atoms with Crippen molar-refractivity contribution in [3.05, 3.63) is 65.5 Å². The van der Waals surface area contributed by atoms with Crippen LogP contribution < -0.4 is 5.32 Å². The van der Waals surface area contributed by atoms with Crippen molar-refractivity contribution in [2.24, 2.45) is 4.99 Å². The number of aliphatic imine (C=N–C) groups is 1. The van der Waals surface area contributed by atoms with E-state index in [4.69, 9.17) is 0 Å². The van der Waals surface area contributed by atoms with Crippen LogP contribution in [0.3, 0.4) is 0 Å². The zero-order chi connectivity index (χ0) is 15.9.